The summed E-state index contributed by atoms with van der Waals surface area (Å²) in [5, 5.41) is 0. The third kappa shape index (κ3) is 1.80. The second kappa shape index (κ2) is 3.35. The van der Waals surface area contributed by atoms with Gasteiger partial charge in [0.05, 0.1) is 0 Å². The van der Waals surface area contributed by atoms with Crippen molar-refractivity contribution in [3.05, 3.63) is 0 Å². The molecule has 11 heavy (non-hydrogen) atoms. The molecule has 2 N–H and O–H groups in total. The first kappa shape index (κ1) is 8.72. The van der Waals surface area contributed by atoms with Crippen LogP contribution in [0.1, 0.15) is 39.0 Å². The lowest BCUT2D eigenvalue weighted by atomic mass is 9.73. The molecule has 2 atom stereocenters. The predicted molar refractivity (Wildman–Crippen MR) is 45.2 cm³/mol. The molecule has 0 aromatic carbocycles. The van der Waals surface area contributed by atoms with Gasteiger partial charge in [-0.2, -0.15) is 0 Å². The van der Waals surface area contributed by atoms with E-state index in [2.05, 4.69) is 6.92 Å². The number of nitrogens with two attached hydrogens (primary N) is 1. The predicted octanol–water partition coefficient (Wildman–Crippen LogP) is 1.48. The summed E-state index contributed by atoms with van der Waals surface area (Å²) < 4.78 is 0. The number of hydrogen-bond acceptors (Lipinski definition) is 2. The minimum absolute atomic E-state index is 0.181. The average Bonchev–Trinajstić information content (AvgIpc) is 1.96. The summed E-state index contributed by atoms with van der Waals surface area (Å²) in [4.78, 5) is 10.3. The first-order chi connectivity index (χ1) is 5.19. The second-order valence-electron chi connectivity index (χ2n) is 3.75. The maximum atomic E-state index is 10.3. The average molecular weight is 155 g/mol. The highest BCUT2D eigenvalue weighted by Gasteiger charge is 2.33. The summed E-state index contributed by atoms with van der Waals surface area (Å²) in [5.41, 5.74) is 5.90. The second-order valence-corrected chi connectivity index (χ2v) is 3.75. The monoisotopic (exact) mass is 155 g/mol. The minimum Gasteiger partial charge on any atom is -0.324 e. The van der Waals surface area contributed by atoms with Gasteiger partial charge in [0.15, 0.2) is 0 Å². The van der Waals surface area contributed by atoms with E-state index in [4.69, 9.17) is 5.73 Å². The molecule has 0 aliphatic heterocycles. The van der Waals surface area contributed by atoms with Gasteiger partial charge < -0.3 is 10.5 Å². The van der Waals surface area contributed by atoms with Crippen LogP contribution in [0.2, 0.25) is 0 Å². The molecule has 0 aromatic rings. The van der Waals surface area contributed by atoms with Gasteiger partial charge in [0.2, 0.25) is 0 Å². The largest absolute Gasteiger partial charge is 0.324 e. The summed E-state index contributed by atoms with van der Waals surface area (Å²) in [7, 11) is 0. The molecule has 0 saturated heterocycles. The van der Waals surface area contributed by atoms with Gasteiger partial charge in [-0.15, -0.1) is 0 Å². The van der Waals surface area contributed by atoms with E-state index in [1.165, 1.54) is 19.3 Å². The van der Waals surface area contributed by atoms with Crippen molar-refractivity contribution < 1.29 is 4.79 Å². The fraction of sp³-hybridized carbons (Fsp3) is 0.889. The topological polar surface area (TPSA) is 43.1 Å². The Kier molecular flexibility index (Phi) is 2.66. The molecule has 0 bridgehead atoms. The summed E-state index contributed by atoms with van der Waals surface area (Å²) in [5.74, 6) is 0.515. The number of aldehydes is 1. The Morgan fingerprint density at radius 1 is 1.64 bits per heavy atom. The van der Waals surface area contributed by atoms with Crippen molar-refractivity contribution in [3.63, 3.8) is 0 Å². The van der Waals surface area contributed by atoms with Crippen molar-refractivity contribution >= 4 is 6.29 Å². The molecular formula is C9H17NO. The van der Waals surface area contributed by atoms with E-state index in [-0.39, 0.29) is 5.54 Å². The van der Waals surface area contributed by atoms with E-state index in [1.807, 2.05) is 0 Å². The molecule has 1 aliphatic carbocycles. The summed E-state index contributed by atoms with van der Waals surface area (Å²) >= 11 is 0. The number of hydrogen-bond donors (Lipinski definition) is 1. The summed E-state index contributed by atoms with van der Waals surface area (Å²) in [6.45, 7) is 2.16. The molecule has 2 unspecified atom stereocenters. The van der Waals surface area contributed by atoms with Crippen molar-refractivity contribution in [1.29, 1.82) is 0 Å². The molecule has 0 amide bonds. The SMILES string of the molecule is CC1CCCCC1(N)CC=O. The Labute approximate surface area is 68.2 Å². The molecule has 1 aliphatic rings. The van der Waals surface area contributed by atoms with Crippen LogP contribution in [0.25, 0.3) is 0 Å². The fourth-order valence-corrected chi connectivity index (χ4v) is 1.90. The number of carbonyl (C=O) groups is 1. The van der Waals surface area contributed by atoms with E-state index in [1.54, 1.807) is 0 Å². The molecule has 1 rings (SSSR count). The standard InChI is InChI=1S/C9H17NO/c1-8-4-2-3-5-9(8,10)6-7-11/h7-8H,2-6,10H2,1H3. The van der Waals surface area contributed by atoms with Crippen LogP contribution < -0.4 is 5.73 Å². The lowest BCUT2D eigenvalue weighted by molar-refractivity contribution is -0.109. The Bertz CT molecular complexity index is 146. The van der Waals surface area contributed by atoms with Gasteiger partial charge in [0.25, 0.3) is 0 Å². The highest BCUT2D eigenvalue weighted by molar-refractivity contribution is 5.51. The zero-order chi connectivity index (χ0) is 8.32. The van der Waals surface area contributed by atoms with Crippen LogP contribution in [0, 0.1) is 5.92 Å². The summed E-state index contributed by atoms with van der Waals surface area (Å²) in [6.07, 6.45) is 6.17. The number of rotatable bonds is 2. The van der Waals surface area contributed by atoms with Crippen molar-refractivity contribution in [2.75, 3.05) is 0 Å². The van der Waals surface area contributed by atoms with Crippen LogP contribution in [0.3, 0.4) is 0 Å². The molecule has 1 saturated carbocycles. The molecular weight excluding hydrogens is 138 g/mol. The molecule has 0 spiro atoms. The Morgan fingerprint density at radius 3 is 2.91 bits per heavy atom. The van der Waals surface area contributed by atoms with Crippen LogP contribution in [0.15, 0.2) is 0 Å². The Hall–Kier alpha value is -0.370. The van der Waals surface area contributed by atoms with Crippen LogP contribution >= 0.6 is 0 Å². The van der Waals surface area contributed by atoms with Gasteiger partial charge in [-0.1, -0.05) is 19.8 Å². The molecule has 64 valence electrons. The smallest absolute Gasteiger partial charge is 0.121 e. The lowest BCUT2D eigenvalue weighted by Crippen LogP contribution is -2.48. The van der Waals surface area contributed by atoms with Crippen LogP contribution in [0.5, 0.6) is 0 Å². The molecule has 2 heteroatoms. The maximum Gasteiger partial charge on any atom is 0.121 e. The highest BCUT2D eigenvalue weighted by atomic mass is 16.1. The van der Waals surface area contributed by atoms with Crippen molar-refractivity contribution in [2.45, 2.75) is 44.6 Å². The molecule has 0 aromatic heterocycles. The van der Waals surface area contributed by atoms with Crippen molar-refractivity contribution in [2.24, 2.45) is 11.7 Å². The zero-order valence-electron chi connectivity index (χ0n) is 7.18. The van der Waals surface area contributed by atoms with Gasteiger partial charge >= 0.3 is 0 Å². The van der Waals surface area contributed by atoms with E-state index in [9.17, 15) is 4.79 Å². The highest BCUT2D eigenvalue weighted by Crippen LogP contribution is 2.33. The van der Waals surface area contributed by atoms with Gasteiger partial charge in [0.1, 0.15) is 6.29 Å². The van der Waals surface area contributed by atoms with Gasteiger partial charge in [-0.3, -0.25) is 0 Å². The maximum absolute atomic E-state index is 10.3. The van der Waals surface area contributed by atoms with E-state index < -0.39 is 0 Å². The van der Waals surface area contributed by atoms with E-state index in [0.29, 0.717) is 12.3 Å². The molecule has 2 nitrogen and oxygen atoms in total. The first-order valence-corrected chi connectivity index (χ1v) is 4.41. The lowest BCUT2D eigenvalue weighted by Gasteiger charge is -2.38. The van der Waals surface area contributed by atoms with Crippen LogP contribution in [-0.4, -0.2) is 11.8 Å². The zero-order valence-corrected chi connectivity index (χ0v) is 7.18. The Morgan fingerprint density at radius 2 is 2.36 bits per heavy atom. The normalized spacial score (nSPS) is 38.5. The molecule has 1 fully saturated rings. The first-order valence-electron chi connectivity index (χ1n) is 4.41. The van der Waals surface area contributed by atoms with Crippen molar-refractivity contribution in [1.82, 2.24) is 0 Å². The number of carbonyl (C=O) groups excluding carboxylic acids is 1. The van der Waals surface area contributed by atoms with Crippen molar-refractivity contribution in [3.8, 4) is 0 Å². The molecule has 0 radical (unpaired) electrons. The molecule has 0 heterocycles. The van der Waals surface area contributed by atoms with Gasteiger partial charge in [-0.05, 0) is 18.8 Å². The quantitative estimate of drug-likeness (QED) is 0.614. The van der Waals surface area contributed by atoms with Gasteiger partial charge in [0, 0.05) is 12.0 Å². The van der Waals surface area contributed by atoms with Crippen LogP contribution in [-0.2, 0) is 4.79 Å². The van der Waals surface area contributed by atoms with E-state index >= 15 is 0 Å². The Balaban J connectivity index is 2.56. The van der Waals surface area contributed by atoms with E-state index in [0.717, 1.165) is 12.7 Å². The third-order valence-corrected chi connectivity index (χ3v) is 2.97. The van der Waals surface area contributed by atoms with Gasteiger partial charge in [-0.25, -0.2) is 0 Å². The van der Waals surface area contributed by atoms with Crippen LogP contribution in [0.4, 0.5) is 0 Å². The minimum atomic E-state index is -0.181. The fourth-order valence-electron chi connectivity index (χ4n) is 1.90. The third-order valence-electron chi connectivity index (χ3n) is 2.97. The summed E-state index contributed by atoms with van der Waals surface area (Å²) in [6, 6.07) is 0.